The maximum absolute atomic E-state index is 12.9. The summed E-state index contributed by atoms with van der Waals surface area (Å²) in [6.45, 7) is 2.54. The van der Waals surface area contributed by atoms with Crippen molar-refractivity contribution in [2.24, 2.45) is 5.16 Å². The standard InChI is InChI=1S/C24H30ClN3O7/c1-14-11-20-19(35-20)8-4-3-7-15(28-33-10-6-5-9-27-24(32)26-2)12-16-21(23(31)34-14)17(29)13-18(30)22(16)25/h3-4,7-8,13-14,19-20,29-30H,5-6,9-12H2,1-2H3,(H2,26,27,32)/b7-3+,8-4+,28-15+. The Morgan fingerprint density at radius 2 is 2.09 bits per heavy atom. The summed E-state index contributed by atoms with van der Waals surface area (Å²) in [5.41, 5.74) is 0.434. The third-order valence-corrected chi connectivity index (χ3v) is 5.86. The molecule has 10 nitrogen and oxygen atoms in total. The van der Waals surface area contributed by atoms with Crippen LogP contribution in [0, 0.1) is 0 Å². The Bertz CT molecular complexity index is 1020. The van der Waals surface area contributed by atoms with E-state index in [0.717, 1.165) is 6.07 Å². The number of phenols is 2. The van der Waals surface area contributed by atoms with Crippen molar-refractivity contribution in [3.05, 3.63) is 46.5 Å². The number of esters is 1. The van der Waals surface area contributed by atoms with Crippen molar-refractivity contribution in [1.82, 2.24) is 10.6 Å². The van der Waals surface area contributed by atoms with Gasteiger partial charge in [0.05, 0.1) is 16.8 Å². The molecule has 0 saturated carbocycles. The molecule has 0 spiro atoms. The van der Waals surface area contributed by atoms with E-state index >= 15 is 0 Å². The number of epoxide rings is 1. The van der Waals surface area contributed by atoms with Gasteiger partial charge in [-0.3, -0.25) is 0 Å². The summed E-state index contributed by atoms with van der Waals surface area (Å²) in [7, 11) is 1.55. The van der Waals surface area contributed by atoms with Crippen LogP contribution in [0.25, 0.3) is 0 Å². The number of hydrogen-bond acceptors (Lipinski definition) is 8. The zero-order chi connectivity index (χ0) is 25.4. The molecule has 2 aliphatic heterocycles. The van der Waals surface area contributed by atoms with E-state index in [4.69, 9.17) is 25.9 Å². The van der Waals surface area contributed by atoms with Gasteiger partial charge in [-0.05, 0) is 31.4 Å². The van der Waals surface area contributed by atoms with Gasteiger partial charge in [-0.1, -0.05) is 35.0 Å². The van der Waals surface area contributed by atoms with Crippen LogP contribution in [0.2, 0.25) is 5.02 Å². The molecule has 1 aromatic carbocycles. The Kier molecular flexibility index (Phi) is 9.39. The zero-order valence-electron chi connectivity index (χ0n) is 19.6. The minimum atomic E-state index is -0.760. The van der Waals surface area contributed by atoms with Gasteiger partial charge in [0.15, 0.2) is 0 Å². The molecule has 0 bridgehead atoms. The zero-order valence-corrected chi connectivity index (χ0v) is 20.4. The molecule has 0 radical (unpaired) electrons. The molecule has 190 valence electrons. The smallest absolute Gasteiger partial charge is 0.342 e. The number of aromatic hydroxyl groups is 2. The van der Waals surface area contributed by atoms with Crippen LogP contribution in [0.5, 0.6) is 11.5 Å². The molecule has 1 aromatic rings. The quantitative estimate of drug-likeness (QED) is 0.200. The van der Waals surface area contributed by atoms with E-state index in [9.17, 15) is 19.8 Å². The summed E-state index contributed by atoms with van der Waals surface area (Å²) < 4.78 is 11.1. The summed E-state index contributed by atoms with van der Waals surface area (Å²) in [6.07, 6.45) is 8.43. The van der Waals surface area contributed by atoms with E-state index in [1.54, 1.807) is 26.1 Å². The number of amides is 2. The van der Waals surface area contributed by atoms with Gasteiger partial charge < -0.3 is 35.2 Å². The number of unbranched alkanes of at least 4 members (excludes halogenated alkanes) is 1. The SMILES string of the molecule is CNC(=O)NCCCCO\N=C1/C=C/C=C/C2OC2CC(C)OC(=O)c2c(O)cc(O)c(Cl)c2C1. The highest BCUT2D eigenvalue weighted by Crippen LogP contribution is 2.38. The van der Waals surface area contributed by atoms with E-state index in [-0.39, 0.29) is 46.6 Å². The number of nitrogens with one attached hydrogen (secondary N) is 2. The number of cyclic esters (lactones) is 1. The number of phenolic OH excluding ortho intramolecular Hbond substituents is 2. The van der Waals surface area contributed by atoms with Crippen molar-refractivity contribution in [3.8, 4) is 11.5 Å². The summed E-state index contributed by atoms with van der Waals surface area (Å²) >= 11 is 6.32. The van der Waals surface area contributed by atoms with Gasteiger partial charge in [0.25, 0.3) is 0 Å². The first-order chi connectivity index (χ1) is 16.8. The lowest BCUT2D eigenvalue weighted by atomic mass is 9.99. The number of benzene rings is 1. The van der Waals surface area contributed by atoms with E-state index in [0.29, 0.717) is 38.1 Å². The molecule has 3 unspecified atom stereocenters. The fraction of sp³-hybridized carbons (Fsp3) is 0.458. The van der Waals surface area contributed by atoms with Gasteiger partial charge in [0.2, 0.25) is 0 Å². The second kappa shape index (κ2) is 12.5. The van der Waals surface area contributed by atoms with Gasteiger partial charge in [-0.15, -0.1) is 0 Å². The summed E-state index contributed by atoms with van der Waals surface area (Å²) in [5.74, 6) is -1.57. The van der Waals surface area contributed by atoms with Crippen molar-refractivity contribution in [3.63, 3.8) is 0 Å². The van der Waals surface area contributed by atoms with E-state index < -0.39 is 17.8 Å². The van der Waals surface area contributed by atoms with Crippen molar-refractivity contribution < 1.29 is 34.1 Å². The summed E-state index contributed by atoms with van der Waals surface area (Å²) in [5, 5.41) is 29.8. The topological polar surface area (TPSA) is 142 Å². The number of halogens is 1. The Labute approximate surface area is 208 Å². The van der Waals surface area contributed by atoms with Gasteiger partial charge in [-0.2, -0.15) is 0 Å². The number of rotatable bonds is 6. The Hall–Kier alpha value is -3.24. The van der Waals surface area contributed by atoms with Crippen LogP contribution in [0.4, 0.5) is 4.79 Å². The predicted octanol–water partition coefficient (Wildman–Crippen LogP) is 3.20. The predicted molar refractivity (Wildman–Crippen MR) is 130 cm³/mol. The molecule has 4 N–H and O–H groups in total. The molecular formula is C24H30ClN3O7. The highest BCUT2D eigenvalue weighted by atomic mass is 35.5. The van der Waals surface area contributed by atoms with Crippen LogP contribution >= 0.6 is 11.6 Å². The lowest BCUT2D eigenvalue weighted by molar-refractivity contribution is 0.0305. The monoisotopic (exact) mass is 507 g/mol. The molecule has 11 heteroatoms. The molecule has 1 saturated heterocycles. The number of urea groups is 1. The number of ether oxygens (including phenoxy) is 2. The van der Waals surface area contributed by atoms with E-state index in [1.165, 1.54) is 0 Å². The highest BCUT2D eigenvalue weighted by molar-refractivity contribution is 6.33. The van der Waals surface area contributed by atoms with Crippen LogP contribution in [-0.4, -0.2) is 66.4 Å². The molecule has 0 aliphatic carbocycles. The van der Waals surface area contributed by atoms with E-state index in [1.807, 2.05) is 12.2 Å². The Morgan fingerprint density at radius 1 is 1.29 bits per heavy atom. The minimum absolute atomic E-state index is 0.00920. The van der Waals surface area contributed by atoms with Crippen molar-refractivity contribution in [2.75, 3.05) is 20.2 Å². The molecule has 1 fully saturated rings. The van der Waals surface area contributed by atoms with Gasteiger partial charge in [0, 0.05) is 32.5 Å². The first kappa shape index (κ1) is 26.4. The molecule has 3 rings (SSSR count). The van der Waals surface area contributed by atoms with Gasteiger partial charge in [0.1, 0.15) is 35.9 Å². The number of allylic oxidation sites excluding steroid dienone is 3. The molecule has 0 aromatic heterocycles. The van der Waals surface area contributed by atoms with Gasteiger partial charge in [-0.25, -0.2) is 9.59 Å². The average Bonchev–Trinajstić information content (AvgIpc) is 3.55. The molecule has 2 amide bonds. The summed E-state index contributed by atoms with van der Waals surface area (Å²) in [6, 6.07) is 0.761. The Balaban J connectivity index is 1.80. The van der Waals surface area contributed by atoms with Crippen molar-refractivity contribution in [1.29, 1.82) is 0 Å². The number of carbonyl (C=O) groups is 2. The fourth-order valence-electron chi connectivity index (χ4n) is 3.56. The van der Waals surface area contributed by atoms with Gasteiger partial charge >= 0.3 is 12.0 Å². The second-order valence-corrected chi connectivity index (χ2v) is 8.60. The largest absolute Gasteiger partial charge is 0.507 e. The third-order valence-electron chi connectivity index (χ3n) is 5.43. The lowest BCUT2D eigenvalue weighted by Crippen LogP contribution is -2.33. The van der Waals surface area contributed by atoms with Crippen LogP contribution in [0.3, 0.4) is 0 Å². The molecule has 2 aliphatic rings. The molecule has 2 heterocycles. The molecule has 35 heavy (non-hydrogen) atoms. The maximum atomic E-state index is 12.9. The van der Waals surface area contributed by atoms with Crippen molar-refractivity contribution >= 4 is 29.3 Å². The third kappa shape index (κ3) is 7.63. The average molecular weight is 508 g/mol. The first-order valence-electron chi connectivity index (χ1n) is 11.4. The van der Waals surface area contributed by atoms with Crippen LogP contribution in [0.15, 0.2) is 35.5 Å². The number of nitrogens with zero attached hydrogens (tertiary/aromatic N) is 1. The minimum Gasteiger partial charge on any atom is -0.507 e. The number of fused-ring (bicyclic) bond motifs is 2. The number of oxime groups is 1. The van der Waals surface area contributed by atoms with Crippen LogP contribution in [0.1, 0.15) is 42.1 Å². The number of hydrogen-bond donors (Lipinski definition) is 4. The summed E-state index contributed by atoms with van der Waals surface area (Å²) in [4.78, 5) is 29.5. The fourth-order valence-corrected chi connectivity index (χ4v) is 3.78. The first-order valence-corrected chi connectivity index (χ1v) is 11.8. The lowest BCUT2D eigenvalue weighted by Gasteiger charge is -2.17. The Morgan fingerprint density at radius 3 is 2.86 bits per heavy atom. The second-order valence-electron chi connectivity index (χ2n) is 8.22. The number of carbonyl (C=O) groups excluding carboxylic acids is 2. The van der Waals surface area contributed by atoms with Crippen LogP contribution in [-0.2, 0) is 20.7 Å². The molecule has 3 atom stereocenters. The molecular weight excluding hydrogens is 478 g/mol. The van der Waals surface area contributed by atoms with Crippen molar-refractivity contribution in [2.45, 2.75) is 50.9 Å². The van der Waals surface area contributed by atoms with Crippen LogP contribution < -0.4 is 10.6 Å². The van der Waals surface area contributed by atoms with E-state index in [2.05, 4.69) is 15.8 Å². The normalized spacial score (nSPS) is 24.8. The highest BCUT2D eigenvalue weighted by Gasteiger charge is 2.38. The maximum Gasteiger partial charge on any atom is 0.342 e.